The van der Waals surface area contributed by atoms with Crippen LogP contribution in [0.4, 0.5) is 14.6 Å². The molecule has 34 heavy (non-hydrogen) atoms. The van der Waals surface area contributed by atoms with E-state index < -0.39 is 12.0 Å². The zero-order valence-corrected chi connectivity index (χ0v) is 21.2. The molecule has 0 bridgehead atoms. The van der Waals surface area contributed by atoms with Crippen LogP contribution in [0.5, 0.6) is 11.8 Å². The Balaban J connectivity index is 1.60. The zero-order valence-electron chi connectivity index (χ0n) is 18.8. The van der Waals surface area contributed by atoms with Gasteiger partial charge < -0.3 is 19.1 Å². The van der Waals surface area contributed by atoms with E-state index in [0.717, 1.165) is 19.4 Å². The number of alkyl halides is 1. The average Bonchev–Trinajstić information content (AvgIpc) is 3.29. The molecule has 0 amide bonds. The van der Waals surface area contributed by atoms with Gasteiger partial charge in [-0.25, -0.2) is 8.78 Å². The maximum absolute atomic E-state index is 15.4. The minimum absolute atomic E-state index is 0.0252. The monoisotopic (exact) mass is 558 g/mol. The van der Waals surface area contributed by atoms with Gasteiger partial charge in [-0.2, -0.15) is 9.97 Å². The minimum atomic E-state index is -0.876. The Labute approximate surface area is 210 Å². The maximum Gasteiger partial charge on any atom is 0.319 e. The van der Waals surface area contributed by atoms with E-state index in [0.29, 0.717) is 43.1 Å². The quantitative estimate of drug-likeness (QED) is 0.365. The second-order valence-electron chi connectivity index (χ2n) is 8.99. The lowest BCUT2D eigenvalue weighted by Gasteiger charge is -2.31. The van der Waals surface area contributed by atoms with Crippen LogP contribution in [-0.2, 0) is 4.74 Å². The molecule has 0 aliphatic carbocycles. The lowest BCUT2D eigenvalue weighted by atomic mass is 9.95. The van der Waals surface area contributed by atoms with E-state index in [4.69, 9.17) is 25.8 Å². The van der Waals surface area contributed by atoms with Gasteiger partial charge in [-0.15, -0.1) is 6.58 Å². The topological polar surface area (TPSA) is 60.0 Å². The van der Waals surface area contributed by atoms with E-state index in [-0.39, 0.29) is 45.8 Å². The van der Waals surface area contributed by atoms with E-state index in [1.165, 1.54) is 0 Å². The minimum Gasteiger partial charge on any atom is -0.489 e. The van der Waals surface area contributed by atoms with Gasteiger partial charge in [-0.05, 0) is 35.3 Å². The molecule has 0 spiro atoms. The van der Waals surface area contributed by atoms with Crippen molar-refractivity contribution in [3.63, 3.8) is 0 Å². The summed E-state index contributed by atoms with van der Waals surface area (Å²) >= 11 is 9.68. The van der Waals surface area contributed by atoms with Crippen molar-refractivity contribution in [2.45, 2.75) is 37.0 Å². The number of hydrogen-bond acceptors (Lipinski definition) is 7. The van der Waals surface area contributed by atoms with Gasteiger partial charge in [0.15, 0.2) is 11.6 Å². The summed E-state index contributed by atoms with van der Waals surface area (Å²) in [5.41, 5.74) is -0.340. The number of halogens is 4. The van der Waals surface area contributed by atoms with Crippen LogP contribution in [0, 0.1) is 5.82 Å². The number of rotatable bonds is 7. The van der Waals surface area contributed by atoms with Crippen molar-refractivity contribution in [2.24, 2.45) is 0 Å². The first-order chi connectivity index (χ1) is 16.4. The normalized spacial score (nSPS) is 26.4. The highest BCUT2D eigenvalue weighted by Gasteiger charge is 2.49. The molecule has 3 aliphatic heterocycles. The summed E-state index contributed by atoms with van der Waals surface area (Å²) in [6.45, 7) is 6.53. The van der Waals surface area contributed by atoms with Crippen molar-refractivity contribution in [3.8, 4) is 11.8 Å². The van der Waals surface area contributed by atoms with Crippen LogP contribution in [0.2, 0.25) is 5.02 Å². The fourth-order valence-corrected chi connectivity index (χ4v) is 5.93. The molecule has 0 unspecified atom stereocenters. The van der Waals surface area contributed by atoms with E-state index in [1.807, 2.05) is 4.90 Å². The number of hydrogen-bond donors (Lipinski definition) is 0. The van der Waals surface area contributed by atoms with Crippen LogP contribution < -0.4 is 14.4 Å². The number of anilines is 1. The third-order valence-electron chi connectivity index (χ3n) is 7.00. The summed E-state index contributed by atoms with van der Waals surface area (Å²) in [7, 11) is 1.61. The highest BCUT2D eigenvalue weighted by atomic mass is 79.9. The molecule has 0 saturated carbocycles. The summed E-state index contributed by atoms with van der Waals surface area (Å²) in [5, 5.41) is 0.476. The maximum atomic E-state index is 15.4. The molecular weight excluding hydrogens is 534 g/mol. The first-order valence-electron chi connectivity index (χ1n) is 11.3. The third-order valence-corrected chi connectivity index (χ3v) is 8.33. The van der Waals surface area contributed by atoms with Crippen molar-refractivity contribution in [3.05, 3.63) is 28.0 Å². The summed E-state index contributed by atoms with van der Waals surface area (Å²) in [4.78, 5) is 13.2. The zero-order chi connectivity index (χ0) is 24.0. The van der Waals surface area contributed by atoms with Crippen molar-refractivity contribution in [2.75, 3.05) is 51.5 Å². The fraction of sp³-hybridized carbons (Fsp3) is 0.565. The molecule has 11 heteroatoms. The van der Waals surface area contributed by atoms with Gasteiger partial charge in [-0.1, -0.05) is 17.7 Å². The number of ether oxygens (including phenoxy) is 3. The predicted octanol–water partition coefficient (Wildman–Crippen LogP) is 4.54. The van der Waals surface area contributed by atoms with Crippen molar-refractivity contribution >= 4 is 44.3 Å². The third kappa shape index (κ3) is 3.92. The fourth-order valence-electron chi connectivity index (χ4n) is 5.33. The Kier molecular flexibility index (Phi) is 6.60. The molecule has 0 N–H and O–H groups in total. The molecule has 5 rings (SSSR count). The second-order valence-corrected chi connectivity index (χ2v) is 10.2. The molecule has 1 aromatic carbocycles. The molecule has 184 valence electrons. The SMILES string of the molecule is C=C[C@H]1COc2c(Cl)c(Br)c(F)c3nc(OC[C@@]45CCCN4C[C@H](F)C5)nc(c23)N1CCOC. The first kappa shape index (κ1) is 24.0. The summed E-state index contributed by atoms with van der Waals surface area (Å²) in [6.07, 6.45) is 3.12. The van der Waals surface area contributed by atoms with Gasteiger partial charge in [0.05, 0.1) is 28.0 Å². The van der Waals surface area contributed by atoms with Gasteiger partial charge in [0.2, 0.25) is 0 Å². The molecule has 1 aromatic heterocycles. The number of aromatic nitrogens is 2. The van der Waals surface area contributed by atoms with Crippen LogP contribution >= 0.6 is 27.5 Å². The Bertz CT molecular complexity index is 1130. The Morgan fingerprint density at radius 2 is 2.24 bits per heavy atom. The van der Waals surface area contributed by atoms with Crippen LogP contribution in [0.25, 0.3) is 10.9 Å². The first-order valence-corrected chi connectivity index (χ1v) is 12.5. The Hall–Kier alpha value is -1.75. The standard InChI is InChI=1S/C23H26BrClF2N4O3/c1-3-14-11-33-20-15-19(18(27)16(24)17(20)25)28-22(29-21(15)31(14)7-8-32-2)34-12-23-5-4-6-30(23)10-13(26)9-23/h3,13-14H,1,4-12H2,2H3/t13-,14+,23+/m1/s1. The Morgan fingerprint density at radius 3 is 3.00 bits per heavy atom. The molecule has 2 fully saturated rings. The van der Waals surface area contributed by atoms with Crippen LogP contribution in [-0.4, -0.2) is 79.2 Å². The number of benzene rings is 1. The van der Waals surface area contributed by atoms with Gasteiger partial charge in [0, 0.05) is 26.6 Å². The molecule has 3 atom stereocenters. The highest BCUT2D eigenvalue weighted by Crippen LogP contribution is 2.47. The van der Waals surface area contributed by atoms with Crippen LogP contribution in [0.15, 0.2) is 17.1 Å². The molecule has 0 radical (unpaired) electrons. The molecule has 3 aliphatic rings. The van der Waals surface area contributed by atoms with E-state index >= 15 is 4.39 Å². The van der Waals surface area contributed by atoms with Crippen molar-refractivity contribution in [1.82, 2.24) is 14.9 Å². The lowest BCUT2D eigenvalue weighted by Crippen LogP contribution is -2.43. The van der Waals surface area contributed by atoms with E-state index in [2.05, 4.69) is 37.4 Å². The smallest absolute Gasteiger partial charge is 0.319 e. The predicted molar refractivity (Wildman–Crippen MR) is 129 cm³/mol. The number of fused-ring (bicyclic) bond motifs is 1. The van der Waals surface area contributed by atoms with Gasteiger partial charge >= 0.3 is 6.01 Å². The molecule has 7 nitrogen and oxygen atoms in total. The van der Waals surface area contributed by atoms with Gasteiger partial charge in [0.25, 0.3) is 0 Å². The molecular formula is C23H26BrClF2N4O3. The molecule has 2 aromatic rings. The van der Waals surface area contributed by atoms with Crippen LogP contribution in [0.3, 0.4) is 0 Å². The van der Waals surface area contributed by atoms with Crippen molar-refractivity contribution in [1.29, 1.82) is 0 Å². The lowest BCUT2D eigenvalue weighted by molar-refractivity contribution is 0.107. The molecule has 4 heterocycles. The average molecular weight is 560 g/mol. The van der Waals surface area contributed by atoms with E-state index in [9.17, 15) is 4.39 Å². The Morgan fingerprint density at radius 1 is 1.41 bits per heavy atom. The number of methoxy groups -OCH3 is 1. The van der Waals surface area contributed by atoms with Crippen LogP contribution in [0.1, 0.15) is 19.3 Å². The second kappa shape index (κ2) is 9.37. The summed E-state index contributed by atoms with van der Waals surface area (Å²) in [6, 6.07) is -0.241. The summed E-state index contributed by atoms with van der Waals surface area (Å²) < 4.78 is 47.0. The largest absolute Gasteiger partial charge is 0.489 e. The summed E-state index contributed by atoms with van der Waals surface area (Å²) in [5.74, 6) is 0.100. The van der Waals surface area contributed by atoms with Gasteiger partial charge in [-0.3, -0.25) is 4.90 Å². The van der Waals surface area contributed by atoms with Crippen molar-refractivity contribution < 1.29 is 23.0 Å². The number of nitrogens with zero attached hydrogens (tertiary/aromatic N) is 4. The molecule has 2 saturated heterocycles. The van der Waals surface area contributed by atoms with E-state index in [1.54, 1.807) is 13.2 Å². The van der Waals surface area contributed by atoms with Gasteiger partial charge in [0.1, 0.15) is 35.7 Å². The highest BCUT2D eigenvalue weighted by molar-refractivity contribution is 9.10.